The first kappa shape index (κ1) is 9.06. The van der Waals surface area contributed by atoms with Crippen molar-refractivity contribution in [3.63, 3.8) is 0 Å². The molecule has 1 aromatic rings. The Hall–Kier alpha value is -1.51. The van der Waals surface area contributed by atoms with Crippen LogP contribution in [0.5, 0.6) is 0 Å². The van der Waals surface area contributed by atoms with Gasteiger partial charge in [-0.25, -0.2) is 4.99 Å². The quantitative estimate of drug-likeness (QED) is 0.640. The van der Waals surface area contributed by atoms with Crippen LogP contribution in [0, 0.1) is 6.92 Å². The summed E-state index contributed by atoms with van der Waals surface area (Å²) in [6.07, 6.45) is 1.77. The molecule has 3 nitrogen and oxygen atoms in total. The van der Waals surface area contributed by atoms with E-state index < -0.39 is 0 Å². The zero-order valence-corrected chi connectivity index (χ0v) is 8.74. The van der Waals surface area contributed by atoms with E-state index in [1.165, 1.54) is 11.3 Å². The Morgan fingerprint density at radius 2 is 2.14 bits per heavy atom. The van der Waals surface area contributed by atoms with Gasteiger partial charge in [0.05, 0.1) is 11.6 Å². The Morgan fingerprint density at radius 3 is 2.86 bits per heavy atom. The third-order valence-corrected chi connectivity index (χ3v) is 2.35. The lowest BCUT2D eigenvalue weighted by Gasteiger charge is -2.16. The van der Waals surface area contributed by atoms with Crippen LogP contribution in [0.3, 0.4) is 0 Å². The molecule has 1 aliphatic rings. The molecule has 0 fully saturated rings. The van der Waals surface area contributed by atoms with E-state index in [1.54, 1.807) is 6.26 Å². The third-order valence-electron chi connectivity index (χ3n) is 2.35. The molecule has 0 amide bonds. The maximum Gasteiger partial charge on any atom is 0.178 e. The molecule has 0 atom stereocenters. The Morgan fingerprint density at radius 1 is 1.36 bits per heavy atom. The van der Waals surface area contributed by atoms with Crippen LogP contribution in [-0.4, -0.2) is 20.8 Å². The summed E-state index contributed by atoms with van der Waals surface area (Å²) in [6, 6.07) is 4.21. The predicted octanol–water partition coefficient (Wildman–Crippen LogP) is 0.406. The summed E-state index contributed by atoms with van der Waals surface area (Å²) < 4.78 is 5.15. The molecule has 2 rings (SSSR count). The molecule has 3 heteroatoms. The van der Waals surface area contributed by atoms with Crippen LogP contribution in [-0.2, 0) is 4.74 Å². The summed E-state index contributed by atoms with van der Waals surface area (Å²) in [7, 11) is 4.08. The van der Waals surface area contributed by atoms with Crippen LogP contribution in [0.1, 0.15) is 5.56 Å². The van der Waals surface area contributed by atoms with Gasteiger partial charge >= 0.3 is 0 Å². The summed E-state index contributed by atoms with van der Waals surface area (Å²) >= 11 is 0. The van der Waals surface area contributed by atoms with Gasteiger partial charge in [-0.1, -0.05) is 0 Å². The number of benzene rings is 1. The molecule has 0 bridgehead atoms. The van der Waals surface area contributed by atoms with Gasteiger partial charge in [-0.3, -0.25) is 0 Å². The molecule has 1 aromatic carbocycles. The number of anilines is 1. The number of aryl methyl sites for hydroxylation is 1. The number of hydrogen-bond acceptors (Lipinski definition) is 3. The average Bonchev–Trinajstić information content (AvgIpc) is 2.16. The normalized spacial score (nSPS) is 13.4. The molecule has 1 aliphatic heterocycles. The first-order chi connectivity index (χ1) is 6.68. The first-order valence-electron chi connectivity index (χ1n) is 4.63. The molecule has 0 N–H and O–H groups in total. The number of rotatable bonds is 1. The van der Waals surface area contributed by atoms with Gasteiger partial charge in [-0.05, 0) is 24.6 Å². The van der Waals surface area contributed by atoms with E-state index >= 15 is 0 Å². The van der Waals surface area contributed by atoms with Gasteiger partial charge in [-0.15, -0.1) is 0 Å². The van der Waals surface area contributed by atoms with Crippen LogP contribution in [0.4, 0.5) is 5.69 Å². The standard InChI is InChI=1S/C11H14N2O/c1-8-4-9-6-14-7-12-10(9)5-11(8)13(2)3/h4-6H,7H2,1-3H3. The Labute approximate surface area is 83.3 Å². The van der Waals surface area contributed by atoms with Gasteiger partial charge in [0.2, 0.25) is 0 Å². The van der Waals surface area contributed by atoms with Crippen molar-refractivity contribution in [2.75, 3.05) is 25.7 Å². The van der Waals surface area contributed by atoms with Crippen LogP contribution in [0.25, 0.3) is 6.26 Å². The van der Waals surface area contributed by atoms with Crippen molar-refractivity contribution in [1.29, 1.82) is 0 Å². The zero-order valence-electron chi connectivity index (χ0n) is 8.74. The molecule has 14 heavy (non-hydrogen) atoms. The van der Waals surface area contributed by atoms with Crippen molar-refractivity contribution in [2.45, 2.75) is 6.92 Å². The summed E-state index contributed by atoms with van der Waals surface area (Å²) in [4.78, 5) is 6.39. The Bertz CT molecular complexity index is 463. The summed E-state index contributed by atoms with van der Waals surface area (Å²) in [5.74, 6) is 0. The highest BCUT2D eigenvalue weighted by molar-refractivity contribution is 5.52. The molecule has 0 unspecified atom stereocenters. The Balaban J connectivity index is 2.70. The molecule has 0 radical (unpaired) electrons. The molecule has 1 heterocycles. The molecular formula is C11H14N2O. The van der Waals surface area contributed by atoms with E-state index in [4.69, 9.17) is 4.74 Å². The van der Waals surface area contributed by atoms with E-state index in [0.717, 1.165) is 10.6 Å². The number of nitrogens with zero attached hydrogens (tertiary/aromatic N) is 2. The second-order valence-corrected chi connectivity index (χ2v) is 3.66. The van der Waals surface area contributed by atoms with Crippen LogP contribution in [0.15, 0.2) is 17.1 Å². The fourth-order valence-corrected chi connectivity index (χ4v) is 1.65. The van der Waals surface area contributed by atoms with Gasteiger partial charge < -0.3 is 9.64 Å². The van der Waals surface area contributed by atoms with Gasteiger partial charge in [-0.2, -0.15) is 0 Å². The first-order valence-corrected chi connectivity index (χ1v) is 4.63. The Kier molecular flexibility index (Phi) is 2.15. The number of ether oxygens (including phenoxy) is 1. The van der Waals surface area contributed by atoms with Crippen LogP contribution < -0.4 is 15.5 Å². The SMILES string of the molecule is Cc1cc2c(cc1N(C)C)=NCOC=2. The summed E-state index contributed by atoms with van der Waals surface area (Å²) in [6.45, 7) is 2.53. The molecule has 74 valence electrons. The lowest BCUT2D eigenvalue weighted by atomic mass is 10.1. The number of hydrogen-bond donors (Lipinski definition) is 0. The summed E-state index contributed by atoms with van der Waals surface area (Å²) in [5, 5.41) is 2.09. The van der Waals surface area contributed by atoms with Crippen LogP contribution in [0.2, 0.25) is 0 Å². The molecule has 0 aliphatic carbocycles. The fraction of sp³-hybridized carbons (Fsp3) is 0.364. The minimum absolute atomic E-state index is 0.433. The lowest BCUT2D eigenvalue weighted by molar-refractivity contribution is 0.296. The smallest absolute Gasteiger partial charge is 0.178 e. The second kappa shape index (κ2) is 3.33. The predicted molar refractivity (Wildman–Crippen MR) is 56.7 cm³/mol. The van der Waals surface area contributed by atoms with Crippen molar-refractivity contribution in [3.05, 3.63) is 28.3 Å². The fourth-order valence-electron chi connectivity index (χ4n) is 1.65. The van der Waals surface area contributed by atoms with E-state index in [2.05, 4.69) is 28.9 Å². The van der Waals surface area contributed by atoms with E-state index in [9.17, 15) is 0 Å². The lowest BCUT2D eigenvalue weighted by Crippen LogP contribution is -2.30. The largest absolute Gasteiger partial charge is 0.478 e. The second-order valence-electron chi connectivity index (χ2n) is 3.66. The monoisotopic (exact) mass is 190 g/mol. The van der Waals surface area contributed by atoms with Crippen LogP contribution >= 0.6 is 0 Å². The molecule has 0 saturated carbocycles. The van der Waals surface area contributed by atoms with Gasteiger partial charge in [0.1, 0.15) is 0 Å². The number of fused-ring (bicyclic) bond motifs is 1. The van der Waals surface area contributed by atoms with E-state index in [1.807, 2.05) is 14.1 Å². The summed E-state index contributed by atoms with van der Waals surface area (Å²) in [5.41, 5.74) is 2.45. The van der Waals surface area contributed by atoms with E-state index in [0.29, 0.717) is 6.73 Å². The molecule has 0 spiro atoms. The zero-order chi connectivity index (χ0) is 10.1. The minimum atomic E-state index is 0.433. The molecule has 0 saturated heterocycles. The highest BCUT2D eigenvalue weighted by Gasteiger charge is 2.03. The minimum Gasteiger partial charge on any atom is -0.478 e. The third kappa shape index (κ3) is 1.45. The highest BCUT2D eigenvalue weighted by Crippen LogP contribution is 2.12. The highest BCUT2D eigenvalue weighted by atomic mass is 16.5. The van der Waals surface area contributed by atoms with Crippen molar-refractivity contribution < 1.29 is 4.74 Å². The molecule has 0 aromatic heterocycles. The maximum atomic E-state index is 5.15. The average molecular weight is 190 g/mol. The van der Waals surface area contributed by atoms with Crippen molar-refractivity contribution in [1.82, 2.24) is 0 Å². The maximum absolute atomic E-state index is 5.15. The van der Waals surface area contributed by atoms with Crippen molar-refractivity contribution >= 4 is 11.9 Å². The van der Waals surface area contributed by atoms with Gasteiger partial charge in [0, 0.05) is 25.0 Å². The van der Waals surface area contributed by atoms with Crippen molar-refractivity contribution in [2.24, 2.45) is 4.99 Å². The topological polar surface area (TPSA) is 24.8 Å². The van der Waals surface area contributed by atoms with E-state index in [-0.39, 0.29) is 0 Å². The van der Waals surface area contributed by atoms with Gasteiger partial charge in [0.25, 0.3) is 0 Å². The van der Waals surface area contributed by atoms with Gasteiger partial charge in [0.15, 0.2) is 6.73 Å². The molecular weight excluding hydrogens is 176 g/mol. The van der Waals surface area contributed by atoms with Crippen molar-refractivity contribution in [3.8, 4) is 0 Å².